The average Bonchev–Trinajstić information content (AvgIpc) is 2.91. The fourth-order valence-corrected chi connectivity index (χ4v) is 3.25. The average molecular weight is 348 g/mol. The number of thiocarbonyl (C=S) groups is 1. The quantitative estimate of drug-likeness (QED) is 0.654. The van der Waals surface area contributed by atoms with Gasteiger partial charge in [0.15, 0.2) is 5.11 Å². The van der Waals surface area contributed by atoms with Crippen LogP contribution in [0.5, 0.6) is 0 Å². The maximum absolute atomic E-state index is 12.3. The molecule has 0 aliphatic carbocycles. The number of carbonyl (C=O) groups is 2. The third kappa shape index (κ3) is 4.37. The van der Waals surface area contributed by atoms with Crippen molar-refractivity contribution >= 4 is 45.5 Å². The molecule has 0 unspecified atom stereocenters. The minimum atomic E-state index is -0.430. The molecule has 2 N–H and O–H groups in total. The van der Waals surface area contributed by atoms with E-state index in [-0.39, 0.29) is 17.6 Å². The van der Waals surface area contributed by atoms with Crippen molar-refractivity contribution < 1.29 is 14.3 Å². The molecule has 0 fully saturated rings. The third-order valence-electron chi connectivity index (χ3n) is 2.87. The van der Waals surface area contributed by atoms with E-state index in [9.17, 15) is 9.59 Å². The lowest BCUT2D eigenvalue weighted by Crippen LogP contribution is -2.32. The van der Waals surface area contributed by atoms with Crippen LogP contribution in [0.2, 0.25) is 0 Å². The molecule has 0 aliphatic heterocycles. The molecule has 0 atom stereocenters. The van der Waals surface area contributed by atoms with E-state index in [0.717, 1.165) is 11.1 Å². The van der Waals surface area contributed by atoms with Gasteiger partial charge in [-0.1, -0.05) is 30.3 Å². The lowest BCUT2D eigenvalue weighted by Gasteiger charge is -2.10. The Bertz CT molecular complexity index is 726. The Kier molecular flexibility index (Phi) is 5.84. The van der Waals surface area contributed by atoms with E-state index in [1.54, 1.807) is 6.92 Å². The van der Waals surface area contributed by atoms with Gasteiger partial charge in [-0.25, -0.2) is 4.79 Å². The van der Waals surface area contributed by atoms with Crippen LogP contribution in [-0.2, 0) is 9.53 Å². The number of amides is 1. The number of anilines is 1. The molecular weight excluding hydrogens is 332 g/mol. The monoisotopic (exact) mass is 348 g/mol. The van der Waals surface area contributed by atoms with Crippen LogP contribution in [-0.4, -0.2) is 23.6 Å². The number of carbonyl (C=O) groups excluding carboxylic acids is 2. The minimum absolute atomic E-state index is 0.143. The van der Waals surface area contributed by atoms with E-state index >= 15 is 0 Å². The Morgan fingerprint density at radius 1 is 1.26 bits per heavy atom. The van der Waals surface area contributed by atoms with Crippen molar-refractivity contribution in [2.75, 3.05) is 11.9 Å². The molecule has 120 valence electrons. The van der Waals surface area contributed by atoms with Crippen LogP contribution < -0.4 is 10.6 Å². The Morgan fingerprint density at radius 3 is 2.57 bits per heavy atom. The van der Waals surface area contributed by atoms with Gasteiger partial charge in [0.1, 0.15) is 10.6 Å². The molecule has 1 amide bonds. The van der Waals surface area contributed by atoms with E-state index in [0.29, 0.717) is 10.6 Å². The van der Waals surface area contributed by atoms with Crippen LogP contribution in [0.4, 0.5) is 5.00 Å². The van der Waals surface area contributed by atoms with Gasteiger partial charge in [0.05, 0.1) is 6.61 Å². The lowest BCUT2D eigenvalue weighted by atomic mass is 10.0. The first-order valence-electron chi connectivity index (χ1n) is 6.95. The second kappa shape index (κ2) is 7.85. The summed E-state index contributed by atoms with van der Waals surface area (Å²) in [6.07, 6.45) is 0. The van der Waals surface area contributed by atoms with Gasteiger partial charge in [-0.2, -0.15) is 0 Å². The minimum Gasteiger partial charge on any atom is -0.462 e. The van der Waals surface area contributed by atoms with E-state index < -0.39 is 5.97 Å². The Labute approximate surface area is 143 Å². The first-order valence-corrected chi connectivity index (χ1v) is 8.24. The summed E-state index contributed by atoms with van der Waals surface area (Å²) < 4.78 is 5.15. The third-order valence-corrected chi connectivity index (χ3v) is 3.97. The zero-order valence-electron chi connectivity index (χ0n) is 12.7. The SMILES string of the molecule is CCOC(=O)c1c(-c2ccccc2)csc1NC(=S)NC(C)=O. The molecule has 1 aromatic carbocycles. The number of esters is 1. The molecule has 1 heterocycles. The Hall–Kier alpha value is -2.25. The van der Waals surface area contributed by atoms with Gasteiger partial charge in [-0.05, 0) is 24.7 Å². The molecule has 5 nitrogen and oxygen atoms in total. The van der Waals surface area contributed by atoms with Crippen molar-refractivity contribution in [2.24, 2.45) is 0 Å². The summed E-state index contributed by atoms with van der Waals surface area (Å²) in [5.41, 5.74) is 2.09. The highest BCUT2D eigenvalue weighted by Crippen LogP contribution is 2.36. The Morgan fingerprint density at radius 2 is 1.96 bits per heavy atom. The fraction of sp³-hybridized carbons (Fsp3) is 0.188. The maximum atomic E-state index is 12.3. The highest BCUT2D eigenvalue weighted by Gasteiger charge is 2.22. The number of nitrogens with one attached hydrogen (secondary N) is 2. The number of thiophene rings is 1. The molecule has 0 saturated carbocycles. The molecule has 2 aromatic rings. The molecule has 0 radical (unpaired) electrons. The van der Waals surface area contributed by atoms with Gasteiger partial charge in [-0.3, -0.25) is 4.79 Å². The second-order valence-electron chi connectivity index (χ2n) is 4.58. The molecule has 7 heteroatoms. The van der Waals surface area contributed by atoms with Crippen LogP contribution in [0, 0.1) is 0 Å². The Balaban J connectivity index is 2.39. The summed E-state index contributed by atoms with van der Waals surface area (Å²) in [5.74, 6) is -0.708. The predicted molar refractivity (Wildman–Crippen MR) is 95.7 cm³/mol. The van der Waals surface area contributed by atoms with Gasteiger partial charge in [0.2, 0.25) is 5.91 Å². The number of hydrogen-bond donors (Lipinski definition) is 2. The standard InChI is InChI=1S/C16H16N2O3S2/c1-3-21-15(20)13-12(11-7-5-4-6-8-11)9-23-14(13)18-16(22)17-10(2)19/h4-9H,3H2,1-2H3,(H2,17,18,19,22). The van der Waals surface area contributed by atoms with Gasteiger partial charge in [0, 0.05) is 17.9 Å². The van der Waals surface area contributed by atoms with E-state index in [1.807, 2.05) is 35.7 Å². The van der Waals surface area contributed by atoms with Crippen molar-refractivity contribution in [3.8, 4) is 11.1 Å². The first kappa shape index (κ1) is 17.1. The van der Waals surface area contributed by atoms with Crippen molar-refractivity contribution in [2.45, 2.75) is 13.8 Å². The normalized spacial score (nSPS) is 10.0. The van der Waals surface area contributed by atoms with Crippen molar-refractivity contribution in [1.82, 2.24) is 5.32 Å². The first-order chi connectivity index (χ1) is 11.0. The lowest BCUT2D eigenvalue weighted by molar-refractivity contribution is -0.117. The van der Waals surface area contributed by atoms with E-state index in [2.05, 4.69) is 10.6 Å². The van der Waals surface area contributed by atoms with Crippen LogP contribution in [0.25, 0.3) is 11.1 Å². The van der Waals surface area contributed by atoms with Gasteiger partial charge >= 0.3 is 5.97 Å². The van der Waals surface area contributed by atoms with Gasteiger partial charge < -0.3 is 15.4 Å². The molecule has 1 aromatic heterocycles. The maximum Gasteiger partial charge on any atom is 0.341 e. The predicted octanol–water partition coefficient (Wildman–Crippen LogP) is 3.42. The zero-order valence-corrected chi connectivity index (χ0v) is 14.3. The molecule has 0 aliphatic rings. The summed E-state index contributed by atoms with van der Waals surface area (Å²) >= 11 is 6.39. The largest absolute Gasteiger partial charge is 0.462 e. The molecule has 23 heavy (non-hydrogen) atoms. The molecule has 0 spiro atoms. The number of hydrogen-bond acceptors (Lipinski definition) is 5. The summed E-state index contributed by atoms with van der Waals surface area (Å²) in [7, 11) is 0. The highest BCUT2D eigenvalue weighted by molar-refractivity contribution is 7.80. The van der Waals surface area contributed by atoms with E-state index in [1.165, 1.54) is 18.3 Å². The van der Waals surface area contributed by atoms with Crippen LogP contribution in [0.1, 0.15) is 24.2 Å². The van der Waals surface area contributed by atoms with Crippen molar-refractivity contribution in [1.29, 1.82) is 0 Å². The van der Waals surface area contributed by atoms with Gasteiger partial charge in [-0.15, -0.1) is 11.3 Å². The molecule has 0 saturated heterocycles. The summed E-state index contributed by atoms with van der Waals surface area (Å²) in [6, 6.07) is 9.54. The fourth-order valence-electron chi connectivity index (χ4n) is 1.98. The molecular formula is C16H16N2O3S2. The number of ether oxygens (including phenoxy) is 1. The zero-order chi connectivity index (χ0) is 16.8. The second-order valence-corrected chi connectivity index (χ2v) is 5.86. The number of benzene rings is 1. The summed E-state index contributed by atoms with van der Waals surface area (Å²) in [4.78, 5) is 23.4. The molecule has 0 bridgehead atoms. The van der Waals surface area contributed by atoms with Crippen LogP contribution in [0.15, 0.2) is 35.7 Å². The van der Waals surface area contributed by atoms with Crippen molar-refractivity contribution in [3.63, 3.8) is 0 Å². The van der Waals surface area contributed by atoms with Gasteiger partial charge in [0.25, 0.3) is 0 Å². The summed E-state index contributed by atoms with van der Waals surface area (Å²) in [6.45, 7) is 3.39. The number of rotatable bonds is 4. The summed E-state index contributed by atoms with van der Waals surface area (Å²) in [5, 5.41) is 7.91. The smallest absolute Gasteiger partial charge is 0.341 e. The van der Waals surface area contributed by atoms with Crippen molar-refractivity contribution in [3.05, 3.63) is 41.3 Å². The van der Waals surface area contributed by atoms with E-state index in [4.69, 9.17) is 17.0 Å². The topological polar surface area (TPSA) is 67.4 Å². The highest BCUT2D eigenvalue weighted by atomic mass is 32.1. The molecule has 2 rings (SSSR count). The van der Waals surface area contributed by atoms with Crippen LogP contribution >= 0.6 is 23.6 Å². The van der Waals surface area contributed by atoms with Crippen LogP contribution in [0.3, 0.4) is 0 Å².